The van der Waals surface area contributed by atoms with Crippen LogP contribution in [0.4, 0.5) is 0 Å². The zero-order valence-corrected chi connectivity index (χ0v) is 20.9. The first-order valence-corrected chi connectivity index (χ1v) is 11.5. The Morgan fingerprint density at radius 2 is 0.821 bits per heavy atom. The molecule has 0 radical (unpaired) electrons. The summed E-state index contributed by atoms with van der Waals surface area (Å²) in [6.07, 6.45) is 18.3. The molecule has 4 nitrogen and oxygen atoms in total. The van der Waals surface area contributed by atoms with Crippen LogP contribution >= 0.6 is 0 Å². The van der Waals surface area contributed by atoms with Gasteiger partial charge in [-0.05, 0) is 12.8 Å². The van der Waals surface area contributed by atoms with Crippen molar-refractivity contribution in [3.63, 3.8) is 0 Å². The van der Waals surface area contributed by atoms with Crippen LogP contribution in [0.25, 0.3) is 0 Å². The molecule has 5 heteroatoms. The molecule has 2 N–H and O–H groups in total. The monoisotopic (exact) mass is 408 g/mol. The van der Waals surface area contributed by atoms with Crippen molar-refractivity contribution in [3.05, 3.63) is 0 Å². The molecular formula is C23H45NaO4. The van der Waals surface area contributed by atoms with E-state index in [4.69, 9.17) is 0 Å². The first-order chi connectivity index (χ1) is 13.0. The molecule has 0 saturated carbocycles. The van der Waals surface area contributed by atoms with Crippen LogP contribution in [0, 0.1) is 5.41 Å². The first kappa shape index (κ1) is 30.1. The van der Waals surface area contributed by atoms with Gasteiger partial charge in [0.15, 0.2) is 5.41 Å². The number of rotatable bonds is 20. The van der Waals surface area contributed by atoms with Crippen LogP contribution in [0.2, 0.25) is 0 Å². The summed E-state index contributed by atoms with van der Waals surface area (Å²) >= 11 is 0. The van der Waals surface area contributed by atoms with E-state index in [1.165, 1.54) is 64.2 Å². The number of carboxylic acid groups (broad SMARTS) is 2. The van der Waals surface area contributed by atoms with Crippen LogP contribution < -0.4 is 29.6 Å². The SMILES string of the molecule is CCCCCCCCCCC(CCCCCCCCCC)(C(=O)O)C(=O)O.[H-].[Na+]. The van der Waals surface area contributed by atoms with E-state index in [0.29, 0.717) is 12.8 Å². The van der Waals surface area contributed by atoms with Crippen LogP contribution in [0.1, 0.15) is 131 Å². The number of hydrogen-bond donors (Lipinski definition) is 2. The summed E-state index contributed by atoms with van der Waals surface area (Å²) in [6, 6.07) is 0. The third-order valence-electron chi connectivity index (χ3n) is 5.73. The van der Waals surface area contributed by atoms with Crippen molar-refractivity contribution in [1.82, 2.24) is 0 Å². The van der Waals surface area contributed by atoms with Gasteiger partial charge in [-0.15, -0.1) is 0 Å². The Morgan fingerprint density at radius 1 is 0.571 bits per heavy atom. The Bertz CT molecular complexity index is 355. The van der Waals surface area contributed by atoms with E-state index in [1.54, 1.807) is 0 Å². The second kappa shape index (κ2) is 20.2. The smallest absolute Gasteiger partial charge is 1.00 e. The maximum atomic E-state index is 11.8. The quantitative estimate of drug-likeness (QED) is 0.179. The molecule has 0 aliphatic rings. The first-order valence-electron chi connectivity index (χ1n) is 11.5. The fraction of sp³-hybridized carbons (Fsp3) is 0.913. The molecule has 0 atom stereocenters. The predicted molar refractivity (Wildman–Crippen MR) is 113 cm³/mol. The Hall–Kier alpha value is -0.0600. The topological polar surface area (TPSA) is 74.6 Å². The van der Waals surface area contributed by atoms with Gasteiger partial charge >= 0.3 is 41.5 Å². The summed E-state index contributed by atoms with van der Waals surface area (Å²) in [7, 11) is 0. The molecule has 0 saturated heterocycles. The number of unbranched alkanes of at least 4 members (excludes halogenated alkanes) is 14. The molecule has 162 valence electrons. The zero-order valence-electron chi connectivity index (χ0n) is 19.9. The standard InChI is InChI=1S/C23H44O4.Na.H/c1-3-5-7-9-11-13-15-17-19-23(21(24)25,22(26)27)20-18-16-14-12-10-8-6-4-2;;/h3-20H2,1-2H3,(H,24,25)(H,26,27);;/q;+1;-1. The molecule has 0 heterocycles. The van der Waals surface area contributed by atoms with Crippen LogP contribution in [0.15, 0.2) is 0 Å². The Kier molecular flexibility index (Phi) is 21.8. The van der Waals surface area contributed by atoms with Gasteiger partial charge in [-0.25, -0.2) is 0 Å². The Balaban J connectivity index is -0.00000338. The predicted octanol–water partition coefficient (Wildman–Crippen LogP) is 4.32. The van der Waals surface area contributed by atoms with Crippen molar-refractivity contribution in [3.8, 4) is 0 Å². The van der Waals surface area contributed by atoms with Gasteiger partial charge in [0, 0.05) is 0 Å². The van der Waals surface area contributed by atoms with Gasteiger partial charge in [0.2, 0.25) is 0 Å². The molecule has 0 bridgehead atoms. The molecule has 0 unspecified atom stereocenters. The van der Waals surface area contributed by atoms with Gasteiger partial charge in [0.1, 0.15) is 0 Å². The second-order valence-corrected chi connectivity index (χ2v) is 8.14. The summed E-state index contributed by atoms with van der Waals surface area (Å²) < 4.78 is 0. The van der Waals surface area contributed by atoms with Crippen LogP contribution in [-0.4, -0.2) is 22.2 Å². The van der Waals surface area contributed by atoms with Crippen molar-refractivity contribution in [1.29, 1.82) is 0 Å². The van der Waals surface area contributed by atoms with Crippen molar-refractivity contribution in [2.75, 3.05) is 0 Å². The van der Waals surface area contributed by atoms with E-state index in [1.807, 2.05) is 0 Å². The maximum absolute atomic E-state index is 11.8. The molecule has 0 aromatic heterocycles. The molecule has 0 fully saturated rings. The van der Waals surface area contributed by atoms with E-state index in [2.05, 4.69) is 13.8 Å². The third-order valence-corrected chi connectivity index (χ3v) is 5.73. The van der Waals surface area contributed by atoms with E-state index in [9.17, 15) is 19.8 Å². The van der Waals surface area contributed by atoms with Gasteiger partial charge in [-0.3, -0.25) is 9.59 Å². The van der Waals surface area contributed by atoms with Crippen molar-refractivity contribution in [2.24, 2.45) is 5.41 Å². The van der Waals surface area contributed by atoms with Crippen molar-refractivity contribution >= 4 is 11.9 Å². The molecule has 0 aromatic carbocycles. The number of carboxylic acids is 2. The summed E-state index contributed by atoms with van der Waals surface area (Å²) in [6.45, 7) is 4.40. The van der Waals surface area contributed by atoms with Crippen molar-refractivity contribution < 1.29 is 50.8 Å². The number of hydrogen-bond acceptors (Lipinski definition) is 2. The van der Waals surface area contributed by atoms with Gasteiger partial charge in [0.05, 0.1) is 0 Å². The Labute approximate surface area is 197 Å². The molecule has 0 amide bonds. The van der Waals surface area contributed by atoms with Crippen LogP contribution in [-0.2, 0) is 9.59 Å². The number of aliphatic carboxylic acids is 2. The van der Waals surface area contributed by atoms with Gasteiger partial charge in [-0.2, -0.15) is 0 Å². The largest absolute Gasteiger partial charge is 1.00 e. The zero-order chi connectivity index (χ0) is 20.4. The third kappa shape index (κ3) is 14.0. The molecule has 0 rings (SSSR count). The minimum absolute atomic E-state index is 0. The normalized spacial score (nSPS) is 11.2. The van der Waals surface area contributed by atoms with E-state index >= 15 is 0 Å². The van der Waals surface area contributed by atoms with Crippen molar-refractivity contribution in [2.45, 2.75) is 129 Å². The van der Waals surface area contributed by atoms with Gasteiger partial charge in [-0.1, -0.05) is 117 Å². The molecule has 0 aliphatic carbocycles. The molecular weight excluding hydrogens is 363 g/mol. The second-order valence-electron chi connectivity index (χ2n) is 8.14. The average Bonchev–Trinajstić information content (AvgIpc) is 2.63. The molecule has 28 heavy (non-hydrogen) atoms. The molecule has 0 spiro atoms. The summed E-state index contributed by atoms with van der Waals surface area (Å²) in [5.41, 5.74) is -1.58. The summed E-state index contributed by atoms with van der Waals surface area (Å²) in [5.74, 6) is -2.30. The van der Waals surface area contributed by atoms with E-state index in [-0.39, 0.29) is 43.8 Å². The number of carbonyl (C=O) groups is 2. The van der Waals surface area contributed by atoms with Gasteiger partial charge in [0.25, 0.3) is 0 Å². The summed E-state index contributed by atoms with van der Waals surface area (Å²) in [4.78, 5) is 23.5. The van der Waals surface area contributed by atoms with Gasteiger partial charge < -0.3 is 11.6 Å². The van der Waals surface area contributed by atoms with E-state index in [0.717, 1.165) is 25.7 Å². The molecule has 0 aliphatic heterocycles. The average molecular weight is 409 g/mol. The van der Waals surface area contributed by atoms with Crippen LogP contribution in [0.3, 0.4) is 0 Å². The molecule has 0 aromatic rings. The summed E-state index contributed by atoms with van der Waals surface area (Å²) in [5, 5.41) is 19.2. The van der Waals surface area contributed by atoms with Crippen LogP contribution in [0.5, 0.6) is 0 Å². The minimum Gasteiger partial charge on any atom is -1.00 e. The fourth-order valence-electron chi connectivity index (χ4n) is 3.77. The van der Waals surface area contributed by atoms with E-state index < -0.39 is 17.4 Å². The Morgan fingerprint density at radius 3 is 1.07 bits per heavy atom. The minimum atomic E-state index is -1.58. The fourth-order valence-corrected chi connectivity index (χ4v) is 3.77. The maximum Gasteiger partial charge on any atom is 1.00 e.